The highest BCUT2D eigenvalue weighted by molar-refractivity contribution is 6.33. The summed E-state index contributed by atoms with van der Waals surface area (Å²) in [4.78, 5) is 2.04. The summed E-state index contributed by atoms with van der Waals surface area (Å²) >= 11 is 0. The molecule has 244 valence electrons. The zero-order valence-electron chi connectivity index (χ0n) is 21.6. The quantitative estimate of drug-likeness (QED) is 0.0924. The second-order valence-corrected chi connectivity index (χ2v) is 9.70. The average molecular weight is 679 g/mol. The molecule has 1 aromatic heterocycles. The van der Waals surface area contributed by atoms with Crippen molar-refractivity contribution in [1.82, 2.24) is 4.98 Å². The largest absolute Gasteiger partial charge is 0.708 e. The van der Waals surface area contributed by atoms with Gasteiger partial charge in [0.2, 0.25) is 17.5 Å². The lowest BCUT2D eigenvalue weighted by Crippen LogP contribution is -2.26. The highest BCUT2D eigenvalue weighted by Gasteiger charge is 2.47. The number of halogens is 15. The van der Waals surface area contributed by atoms with E-state index in [1.165, 1.54) is 0 Å². The molecule has 0 bridgehead atoms. The Hall–Kier alpha value is -4.33. The summed E-state index contributed by atoms with van der Waals surface area (Å²) in [5.41, 5.74) is -9.74. The summed E-state index contributed by atoms with van der Waals surface area (Å²) in [7, 11) is -3.02. The monoisotopic (exact) mass is 679 g/mol. The highest BCUT2D eigenvalue weighted by atomic mass is 19.2. The molecule has 0 fully saturated rings. The molecule has 2 unspecified atom stereocenters. The summed E-state index contributed by atoms with van der Waals surface area (Å²) in [5.74, 6) is -47.8. The van der Waals surface area contributed by atoms with Crippen LogP contribution < -0.4 is 4.65 Å². The fourth-order valence-corrected chi connectivity index (χ4v) is 5.51. The van der Waals surface area contributed by atoms with Crippen LogP contribution in [0.15, 0.2) is 0 Å². The number of aromatic amines is 1. The molecule has 3 aromatic carbocycles. The number of H-pyrrole nitrogens is 1. The molecule has 5 rings (SSSR count). The number of nitrogens with one attached hydrogen (secondary N) is 1. The van der Waals surface area contributed by atoms with E-state index >= 15 is 26.3 Å². The van der Waals surface area contributed by atoms with Crippen molar-refractivity contribution in [1.29, 1.82) is 0 Å². The molecule has 2 atom stereocenters. The zero-order valence-corrected chi connectivity index (χ0v) is 21.6. The van der Waals surface area contributed by atoms with Crippen molar-refractivity contribution >= 4 is 7.32 Å². The number of aryl methyl sites for hydroxylation is 1. The van der Waals surface area contributed by atoms with Gasteiger partial charge in [0.1, 0.15) is 0 Å². The van der Waals surface area contributed by atoms with E-state index in [9.17, 15) is 49.6 Å². The summed E-state index contributed by atoms with van der Waals surface area (Å²) in [5, 5.41) is 18.7. The molecule has 0 amide bonds. The van der Waals surface area contributed by atoms with E-state index in [0.717, 1.165) is 0 Å². The summed E-state index contributed by atoms with van der Waals surface area (Å²) < 4.78 is 223. The van der Waals surface area contributed by atoms with Crippen LogP contribution in [-0.4, -0.2) is 22.4 Å². The Bertz CT molecular complexity index is 1860. The Kier molecular flexibility index (Phi) is 8.25. The Morgan fingerprint density at radius 2 is 0.848 bits per heavy atom. The van der Waals surface area contributed by atoms with Gasteiger partial charge in [-0.3, -0.25) is 0 Å². The molecule has 0 saturated heterocycles. The summed E-state index contributed by atoms with van der Waals surface area (Å²) in [6.07, 6.45) is -1.85. The summed E-state index contributed by atoms with van der Waals surface area (Å²) in [6, 6.07) is 0. The first-order valence-corrected chi connectivity index (χ1v) is 12.3. The first kappa shape index (κ1) is 33.1. The molecule has 3 N–H and O–H groups in total. The van der Waals surface area contributed by atoms with Crippen molar-refractivity contribution in [3.63, 3.8) is 0 Å². The third-order valence-electron chi connectivity index (χ3n) is 7.36. The molecule has 1 aliphatic rings. The number of hydrogen-bond donors (Lipinski definition) is 3. The van der Waals surface area contributed by atoms with E-state index in [4.69, 9.17) is 0 Å². The maximum atomic E-state index is 15.3. The molecule has 46 heavy (non-hydrogen) atoms. The predicted molar refractivity (Wildman–Crippen MR) is 122 cm³/mol. The van der Waals surface area contributed by atoms with Gasteiger partial charge in [-0.15, -0.1) is 0 Å². The van der Waals surface area contributed by atoms with Gasteiger partial charge in [0, 0.05) is 28.7 Å². The van der Waals surface area contributed by atoms with Gasteiger partial charge in [-0.05, 0) is 18.4 Å². The second kappa shape index (κ2) is 11.5. The minimum absolute atomic E-state index is 0.719. The topological polar surface area (TPSA) is 65.5 Å². The standard InChI is InChI=1S/C26H9BF15NO3/c28-11-6(12(29)18(35)23(40)17(11)34)3-1-2-4-7(5(3)9-13(30)19(36)24(41)20(37)14(9)31)8(26(43-4)46-27(44)45)10-15(32)21(38)25(42)22(39)16(10)33/h3,5,43-45H,1-2H2. The van der Waals surface area contributed by atoms with Gasteiger partial charge in [-0.2, -0.15) is 0 Å². The molecule has 1 heterocycles. The molecular formula is C26H9BF15NO3. The molecule has 4 nitrogen and oxygen atoms in total. The van der Waals surface area contributed by atoms with E-state index in [1.54, 1.807) is 0 Å². The number of benzene rings is 3. The lowest BCUT2D eigenvalue weighted by atomic mass is 9.68. The van der Waals surface area contributed by atoms with Crippen LogP contribution in [-0.2, 0) is 6.42 Å². The van der Waals surface area contributed by atoms with Crippen LogP contribution in [0.25, 0.3) is 11.1 Å². The van der Waals surface area contributed by atoms with E-state index in [-0.39, 0.29) is 0 Å². The molecular weight excluding hydrogens is 670 g/mol. The Labute approximate surface area is 244 Å². The molecule has 0 saturated carbocycles. The molecule has 1 aliphatic carbocycles. The van der Waals surface area contributed by atoms with Crippen molar-refractivity contribution in [2.24, 2.45) is 0 Å². The van der Waals surface area contributed by atoms with Crippen molar-refractivity contribution in [2.75, 3.05) is 0 Å². The van der Waals surface area contributed by atoms with Gasteiger partial charge in [-0.1, -0.05) is 0 Å². The van der Waals surface area contributed by atoms with Gasteiger partial charge in [0.05, 0.1) is 11.1 Å². The summed E-state index contributed by atoms with van der Waals surface area (Å²) in [6.45, 7) is 0. The first-order valence-electron chi connectivity index (χ1n) is 12.3. The smallest absolute Gasteiger partial charge is 0.498 e. The highest BCUT2D eigenvalue weighted by Crippen LogP contribution is 2.55. The second-order valence-electron chi connectivity index (χ2n) is 9.70. The van der Waals surface area contributed by atoms with E-state index in [2.05, 4.69) is 4.65 Å². The third kappa shape index (κ3) is 4.67. The van der Waals surface area contributed by atoms with Gasteiger partial charge in [-0.25, -0.2) is 65.9 Å². The molecule has 20 heteroatoms. The molecule has 0 aliphatic heterocycles. The Morgan fingerprint density at radius 3 is 1.26 bits per heavy atom. The van der Waals surface area contributed by atoms with Crippen LogP contribution >= 0.6 is 0 Å². The Balaban J connectivity index is 2.01. The van der Waals surface area contributed by atoms with Gasteiger partial charge in [0.15, 0.2) is 75.7 Å². The van der Waals surface area contributed by atoms with Gasteiger partial charge in [0.25, 0.3) is 0 Å². The van der Waals surface area contributed by atoms with Gasteiger partial charge < -0.3 is 19.7 Å². The normalized spacial score (nSPS) is 16.2. The number of fused-ring (bicyclic) bond motifs is 1. The third-order valence-corrected chi connectivity index (χ3v) is 7.36. The fraction of sp³-hybridized carbons (Fsp3) is 0.154. The van der Waals surface area contributed by atoms with Crippen molar-refractivity contribution < 1.29 is 80.6 Å². The van der Waals surface area contributed by atoms with Crippen LogP contribution in [0.5, 0.6) is 5.88 Å². The maximum absolute atomic E-state index is 15.3. The van der Waals surface area contributed by atoms with Crippen LogP contribution in [0.2, 0.25) is 0 Å². The average Bonchev–Trinajstić information content (AvgIpc) is 3.36. The number of hydrogen-bond acceptors (Lipinski definition) is 3. The SMILES string of the molecule is OB(O)Oc1[nH]c2c(c1-c1c(F)c(F)c(F)c(F)c1F)C(c1c(F)c(F)c(F)c(F)c1F)C(c1c(F)c(F)c(F)c(F)c1F)CC2. The van der Waals surface area contributed by atoms with Crippen LogP contribution in [0.1, 0.15) is 40.6 Å². The molecule has 0 spiro atoms. The van der Waals surface area contributed by atoms with Crippen molar-refractivity contribution in [2.45, 2.75) is 24.7 Å². The fourth-order valence-electron chi connectivity index (χ4n) is 5.51. The van der Waals surface area contributed by atoms with Gasteiger partial charge >= 0.3 is 7.32 Å². The van der Waals surface area contributed by atoms with Crippen molar-refractivity contribution in [3.8, 4) is 17.0 Å². The van der Waals surface area contributed by atoms with E-state index in [0.29, 0.717) is 0 Å². The predicted octanol–water partition coefficient (Wildman–Crippen LogP) is 6.98. The van der Waals surface area contributed by atoms with E-state index in [1.807, 2.05) is 4.98 Å². The van der Waals surface area contributed by atoms with Crippen LogP contribution in [0.4, 0.5) is 65.9 Å². The van der Waals surface area contributed by atoms with Crippen molar-refractivity contribution in [3.05, 3.63) is 110 Å². The van der Waals surface area contributed by atoms with E-state index < -0.39 is 159 Å². The van der Waals surface area contributed by atoms with Crippen LogP contribution in [0, 0.1) is 87.3 Å². The number of aromatic nitrogens is 1. The lowest BCUT2D eigenvalue weighted by molar-refractivity contribution is 0.284. The van der Waals surface area contributed by atoms with Crippen LogP contribution in [0.3, 0.4) is 0 Å². The molecule has 0 radical (unpaired) electrons. The minimum Gasteiger partial charge on any atom is -0.498 e. The maximum Gasteiger partial charge on any atom is 0.708 e. The lowest BCUT2D eigenvalue weighted by Gasteiger charge is -2.34. The number of rotatable bonds is 5. The first-order chi connectivity index (χ1) is 21.4. The minimum atomic E-state index is -3.02. The Morgan fingerprint density at radius 1 is 0.478 bits per heavy atom. The zero-order chi connectivity index (χ0) is 34.3. The molecule has 4 aromatic rings.